The zero-order valence-electron chi connectivity index (χ0n) is 14.9. The van der Waals surface area contributed by atoms with Crippen LogP contribution in [0.1, 0.15) is 17.3 Å². The second-order valence-corrected chi connectivity index (χ2v) is 6.80. The number of hydrogen-bond acceptors (Lipinski definition) is 4. The molecule has 3 aromatic carbocycles. The molecule has 1 amide bonds. The number of nitrogens with one attached hydrogen (secondary N) is 1. The van der Waals surface area contributed by atoms with Crippen molar-refractivity contribution in [3.05, 3.63) is 70.7 Å². The van der Waals surface area contributed by atoms with Crippen LogP contribution in [0.2, 0.25) is 0 Å². The Kier molecular flexibility index (Phi) is 5.76. The van der Waals surface area contributed by atoms with Crippen molar-refractivity contribution >= 4 is 44.3 Å². The average molecular weight is 428 g/mol. The molecule has 0 aromatic heterocycles. The maximum atomic E-state index is 12.4. The van der Waals surface area contributed by atoms with Gasteiger partial charge in [-0.05, 0) is 64.0 Å². The van der Waals surface area contributed by atoms with Crippen molar-refractivity contribution in [2.24, 2.45) is 0 Å². The summed E-state index contributed by atoms with van der Waals surface area (Å²) in [7, 11) is 1.51. The van der Waals surface area contributed by atoms with E-state index >= 15 is 0 Å². The third-order valence-corrected chi connectivity index (χ3v) is 4.75. The molecule has 0 heterocycles. The third-order valence-electron chi connectivity index (χ3n) is 4.06. The molecule has 1 N–H and O–H groups in total. The van der Waals surface area contributed by atoms with Crippen LogP contribution in [-0.4, -0.2) is 25.1 Å². The fourth-order valence-corrected chi connectivity index (χ4v) is 2.98. The lowest BCUT2D eigenvalue weighted by molar-refractivity contribution is -0.123. The SMILES string of the molecule is COc1ccc(Br)c(C(=O)OC(C)C(=O)Nc2ccc3ccccc3c2)c1. The minimum absolute atomic E-state index is 0.291. The highest BCUT2D eigenvalue weighted by atomic mass is 79.9. The second kappa shape index (κ2) is 8.22. The van der Waals surface area contributed by atoms with Crippen molar-refractivity contribution in [1.82, 2.24) is 0 Å². The number of benzene rings is 3. The van der Waals surface area contributed by atoms with Gasteiger partial charge in [0.2, 0.25) is 0 Å². The van der Waals surface area contributed by atoms with Gasteiger partial charge in [-0.25, -0.2) is 4.79 Å². The number of anilines is 1. The Hall–Kier alpha value is -2.86. The number of methoxy groups -OCH3 is 1. The van der Waals surface area contributed by atoms with Crippen LogP contribution in [0.25, 0.3) is 10.8 Å². The molecule has 6 heteroatoms. The molecule has 3 rings (SSSR count). The molecule has 0 saturated heterocycles. The van der Waals surface area contributed by atoms with Gasteiger partial charge in [-0.3, -0.25) is 4.79 Å². The predicted molar refractivity (Wildman–Crippen MR) is 108 cm³/mol. The van der Waals surface area contributed by atoms with Crippen molar-refractivity contribution in [1.29, 1.82) is 0 Å². The first kappa shape index (κ1) is 18.9. The minimum Gasteiger partial charge on any atom is -0.497 e. The Bertz CT molecular complexity index is 1000. The highest BCUT2D eigenvalue weighted by Gasteiger charge is 2.21. The summed E-state index contributed by atoms with van der Waals surface area (Å²) >= 11 is 3.31. The molecule has 0 fully saturated rings. The average Bonchev–Trinajstić information content (AvgIpc) is 2.68. The highest BCUT2D eigenvalue weighted by molar-refractivity contribution is 9.10. The summed E-state index contributed by atoms with van der Waals surface area (Å²) in [5, 5.41) is 4.87. The number of halogens is 1. The first-order valence-corrected chi connectivity index (χ1v) is 9.11. The van der Waals surface area contributed by atoms with Gasteiger partial charge in [-0.1, -0.05) is 30.3 Å². The monoisotopic (exact) mass is 427 g/mol. The van der Waals surface area contributed by atoms with Crippen molar-refractivity contribution in [2.75, 3.05) is 12.4 Å². The van der Waals surface area contributed by atoms with E-state index in [0.717, 1.165) is 10.8 Å². The van der Waals surface area contributed by atoms with Gasteiger partial charge in [-0.2, -0.15) is 0 Å². The Morgan fingerprint density at radius 1 is 1.00 bits per heavy atom. The van der Waals surface area contributed by atoms with Crippen LogP contribution < -0.4 is 10.1 Å². The lowest BCUT2D eigenvalue weighted by Crippen LogP contribution is -2.30. The number of carbonyl (C=O) groups is 2. The molecule has 0 bridgehead atoms. The van der Waals surface area contributed by atoms with Crippen LogP contribution in [0.15, 0.2) is 65.1 Å². The smallest absolute Gasteiger partial charge is 0.340 e. The summed E-state index contributed by atoms with van der Waals surface area (Å²) in [6.07, 6.45) is -0.956. The summed E-state index contributed by atoms with van der Waals surface area (Å²) in [6, 6.07) is 18.4. The van der Waals surface area contributed by atoms with Gasteiger partial charge in [0, 0.05) is 10.2 Å². The fourth-order valence-electron chi connectivity index (χ4n) is 2.58. The van der Waals surface area contributed by atoms with E-state index in [-0.39, 0.29) is 0 Å². The number of rotatable bonds is 5. The molecule has 0 spiro atoms. The van der Waals surface area contributed by atoms with Crippen LogP contribution >= 0.6 is 15.9 Å². The van der Waals surface area contributed by atoms with E-state index in [1.165, 1.54) is 14.0 Å². The molecule has 0 radical (unpaired) electrons. The molecule has 1 atom stereocenters. The number of fused-ring (bicyclic) bond motifs is 1. The van der Waals surface area contributed by atoms with Crippen LogP contribution in [-0.2, 0) is 9.53 Å². The Morgan fingerprint density at radius 3 is 2.48 bits per heavy atom. The molecule has 0 aliphatic rings. The van der Waals surface area contributed by atoms with Crippen molar-refractivity contribution < 1.29 is 19.1 Å². The van der Waals surface area contributed by atoms with E-state index in [0.29, 0.717) is 21.5 Å². The van der Waals surface area contributed by atoms with E-state index in [9.17, 15) is 9.59 Å². The minimum atomic E-state index is -0.956. The van der Waals surface area contributed by atoms with Crippen LogP contribution in [0.3, 0.4) is 0 Å². The van der Waals surface area contributed by atoms with Gasteiger partial charge in [0.15, 0.2) is 6.10 Å². The number of esters is 1. The number of hydrogen-bond donors (Lipinski definition) is 1. The van der Waals surface area contributed by atoms with Gasteiger partial charge < -0.3 is 14.8 Å². The largest absolute Gasteiger partial charge is 0.497 e. The topological polar surface area (TPSA) is 64.6 Å². The summed E-state index contributed by atoms with van der Waals surface area (Å²) in [5.41, 5.74) is 0.934. The summed E-state index contributed by atoms with van der Waals surface area (Å²) < 4.78 is 11.0. The first-order chi connectivity index (χ1) is 13.0. The van der Waals surface area contributed by atoms with Gasteiger partial charge in [0.1, 0.15) is 5.75 Å². The van der Waals surface area contributed by atoms with E-state index < -0.39 is 18.0 Å². The Labute approximate surface area is 165 Å². The Balaban J connectivity index is 1.68. The lowest BCUT2D eigenvalue weighted by Gasteiger charge is -2.15. The molecular formula is C21H18BrNO4. The Morgan fingerprint density at radius 2 is 1.74 bits per heavy atom. The van der Waals surface area contributed by atoms with Gasteiger partial charge >= 0.3 is 5.97 Å². The molecule has 0 saturated carbocycles. The summed E-state index contributed by atoms with van der Waals surface area (Å²) in [4.78, 5) is 24.8. The predicted octanol–water partition coefficient (Wildman–Crippen LogP) is 4.79. The summed E-state index contributed by atoms with van der Waals surface area (Å²) in [6.45, 7) is 1.53. The van der Waals surface area contributed by atoms with E-state index in [2.05, 4.69) is 21.2 Å². The zero-order chi connectivity index (χ0) is 19.4. The standard InChI is InChI=1S/C21H18BrNO4/c1-13(27-21(25)18-12-17(26-2)9-10-19(18)22)20(24)23-16-8-7-14-5-3-4-6-15(14)11-16/h3-13H,1-2H3,(H,23,24). The quantitative estimate of drug-likeness (QED) is 0.594. The zero-order valence-corrected chi connectivity index (χ0v) is 16.4. The molecular weight excluding hydrogens is 410 g/mol. The number of carbonyl (C=O) groups excluding carboxylic acids is 2. The lowest BCUT2D eigenvalue weighted by atomic mass is 10.1. The fraction of sp³-hybridized carbons (Fsp3) is 0.143. The number of amides is 1. The van der Waals surface area contributed by atoms with E-state index in [1.54, 1.807) is 18.2 Å². The molecule has 27 heavy (non-hydrogen) atoms. The molecule has 138 valence electrons. The molecule has 0 aliphatic carbocycles. The number of ether oxygens (including phenoxy) is 2. The van der Waals surface area contributed by atoms with Crippen molar-refractivity contribution in [3.63, 3.8) is 0 Å². The van der Waals surface area contributed by atoms with Gasteiger partial charge in [0.25, 0.3) is 5.91 Å². The van der Waals surface area contributed by atoms with E-state index in [1.807, 2.05) is 42.5 Å². The van der Waals surface area contributed by atoms with Gasteiger partial charge in [-0.15, -0.1) is 0 Å². The maximum absolute atomic E-state index is 12.4. The molecule has 5 nitrogen and oxygen atoms in total. The van der Waals surface area contributed by atoms with Crippen LogP contribution in [0, 0.1) is 0 Å². The first-order valence-electron chi connectivity index (χ1n) is 8.32. The van der Waals surface area contributed by atoms with Crippen molar-refractivity contribution in [3.8, 4) is 5.75 Å². The highest BCUT2D eigenvalue weighted by Crippen LogP contribution is 2.24. The third kappa shape index (κ3) is 4.46. The summed E-state index contributed by atoms with van der Waals surface area (Å²) in [5.74, 6) is -0.488. The van der Waals surface area contributed by atoms with Crippen LogP contribution in [0.4, 0.5) is 5.69 Å². The molecule has 0 aliphatic heterocycles. The molecule has 3 aromatic rings. The second-order valence-electron chi connectivity index (χ2n) is 5.94. The van der Waals surface area contributed by atoms with Crippen LogP contribution in [0.5, 0.6) is 5.75 Å². The maximum Gasteiger partial charge on any atom is 0.340 e. The van der Waals surface area contributed by atoms with E-state index in [4.69, 9.17) is 9.47 Å². The van der Waals surface area contributed by atoms with Crippen molar-refractivity contribution in [2.45, 2.75) is 13.0 Å². The molecule has 1 unspecified atom stereocenters. The normalized spacial score (nSPS) is 11.7. The van der Waals surface area contributed by atoms with Gasteiger partial charge in [0.05, 0.1) is 12.7 Å².